The Kier molecular flexibility index (Phi) is 5.90. The largest absolute Gasteiger partial charge is 0.493 e. The monoisotopic (exact) mass is 325 g/mol. The molecule has 1 heterocycles. The fourth-order valence-electron chi connectivity index (χ4n) is 1.68. The molecule has 1 aliphatic heterocycles. The zero-order valence-corrected chi connectivity index (χ0v) is 11.9. The minimum Gasteiger partial charge on any atom is -0.493 e. The molecule has 0 spiro atoms. The van der Waals surface area contributed by atoms with E-state index in [1.54, 1.807) is 0 Å². The summed E-state index contributed by atoms with van der Waals surface area (Å²) in [6.07, 6.45) is 1.20. The molecule has 5 heteroatoms. The van der Waals surface area contributed by atoms with Gasteiger partial charge in [-0.25, -0.2) is 0 Å². The third-order valence-corrected chi connectivity index (χ3v) is 3.16. The molecule has 0 unspecified atom stereocenters. The SMILES string of the molecule is Cl.Clc1cc(Br)cc(OC[C@H]2CCNC2)c1. The van der Waals surface area contributed by atoms with E-state index in [0.717, 1.165) is 29.9 Å². The van der Waals surface area contributed by atoms with Crippen molar-refractivity contribution in [2.24, 2.45) is 5.92 Å². The Morgan fingerprint density at radius 2 is 2.25 bits per heavy atom. The minimum atomic E-state index is 0. The molecule has 1 aromatic carbocycles. The smallest absolute Gasteiger partial charge is 0.121 e. The number of rotatable bonds is 3. The van der Waals surface area contributed by atoms with Crippen LogP contribution in [0.15, 0.2) is 22.7 Å². The number of ether oxygens (including phenoxy) is 1. The molecule has 90 valence electrons. The number of hydrogen-bond acceptors (Lipinski definition) is 2. The topological polar surface area (TPSA) is 21.3 Å². The van der Waals surface area contributed by atoms with Crippen LogP contribution in [0.2, 0.25) is 5.02 Å². The van der Waals surface area contributed by atoms with E-state index < -0.39 is 0 Å². The lowest BCUT2D eigenvalue weighted by atomic mass is 10.1. The van der Waals surface area contributed by atoms with Crippen LogP contribution in [0.25, 0.3) is 0 Å². The quantitative estimate of drug-likeness (QED) is 0.917. The van der Waals surface area contributed by atoms with E-state index >= 15 is 0 Å². The van der Waals surface area contributed by atoms with Crippen molar-refractivity contribution in [3.63, 3.8) is 0 Å². The molecule has 0 aliphatic carbocycles. The number of halogens is 3. The van der Waals surface area contributed by atoms with Gasteiger partial charge in [0.05, 0.1) is 6.61 Å². The Labute approximate surface area is 115 Å². The van der Waals surface area contributed by atoms with Crippen molar-refractivity contribution < 1.29 is 4.74 Å². The van der Waals surface area contributed by atoms with Crippen molar-refractivity contribution >= 4 is 39.9 Å². The standard InChI is InChI=1S/C11H13BrClNO.ClH/c12-9-3-10(13)5-11(4-9)15-7-8-1-2-14-6-8;/h3-5,8,14H,1-2,6-7H2;1H/t8-;/m0./s1. The minimum absolute atomic E-state index is 0. The second-order valence-electron chi connectivity index (χ2n) is 3.77. The number of nitrogens with one attached hydrogen (secondary N) is 1. The first-order valence-corrected chi connectivity index (χ1v) is 6.21. The molecule has 1 saturated heterocycles. The van der Waals surface area contributed by atoms with Crippen LogP contribution in [0.4, 0.5) is 0 Å². The van der Waals surface area contributed by atoms with Gasteiger partial charge in [-0.05, 0) is 31.2 Å². The van der Waals surface area contributed by atoms with Gasteiger partial charge in [0.15, 0.2) is 0 Å². The molecule has 1 fully saturated rings. The van der Waals surface area contributed by atoms with E-state index in [1.807, 2.05) is 18.2 Å². The third-order valence-electron chi connectivity index (χ3n) is 2.48. The Morgan fingerprint density at radius 3 is 2.88 bits per heavy atom. The molecule has 2 rings (SSSR count). The molecule has 0 amide bonds. The second-order valence-corrected chi connectivity index (χ2v) is 5.13. The average molecular weight is 327 g/mol. The van der Waals surface area contributed by atoms with Gasteiger partial charge in [0.25, 0.3) is 0 Å². The van der Waals surface area contributed by atoms with Crippen LogP contribution in [0.1, 0.15) is 6.42 Å². The molecule has 0 bridgehead atoms. The molecule has 1 aromatic rings. The lowest BCUT2D eigenvalue weighted by Crippen LogP contribution is -2.15. The van der Waals surface area contributed by atoms with E-state index in [2.05, 4.69) is 21.2 Å². The molecular formula is C11H14BrCl2NO. The van der Waals surface area contributed by atoms with E-state index in [0.29, 0.717) is 10.9 Å². The van der Waals surface area contributed by atoms with Gasteiger partial charge in [0.1, 0.15) is 5.75 Å². The number of hydrogen-bond donors (Lipinski definition) is 1. The van der Waals surface area contributed by atoms with Crippen molar-refractivity contribution in [3.05, 3.63) is 27.7 Å². The van der Waals surface area contributed by atoms with Crippen LogP contribution in [0.3, 0.4) is 0 Å². The lowest BCUT2D eigenvalue weighted by Gasteiger charge is -2.11. The first-order chi connectivity index (χ1) is 7.24. The summed E-state index contributed by atoms with van der Waals surface area (Å²) in [5.41, 5.74) is 0. The summed E-state index contributed by atoms with van der Waals surface area (Å²) in [5, 5.41) is 4.01. The summed E-state index contributed by atoms with van der Waals surface area (Å²) in [5.74, 6) is 1.46. The molecular weight excluding hydrogens is 313 g/mol. The van der Waals surface area contributed by atoms with E-state index in [4.69, 9.17) is 16.3 Å². The number of benzene rings is 1. The highest BCUT2D eigenvalue weighted by molar-refractivity contribution is 9.10. The fraction of sp³-hybridized carbons (Fsp3) is 0.455. The van der Waals surface area contributed by atoms with Gasteiger partial charge in [0, 0.05) is 22.0 Å². The average Bonchev–Trinajstić information content (AvgIpc) is 2.65. The molecule has 16 heavy (non-hydrogen) atoms. The van der Waals surface area contributed by atoms with Crippen LogP contribution in [-0.4, -0.2) is 19.7 Å². The molecule has 0 aromatic heterocycles. The first-order valence-electron chi connectivity index (χ1n) is 5.03. The van der Waals surface area contributed by atoms with Crippen molar-refractivity contribution in [1.82, 2.24) is 5.32 Å². The van der Waals surface area contributed by atoms with Gasteiger partial charge in [0.2, 0.25) is 0 Å². The summed E-state index contributed by atoms with van der Waals surface area (Å²) >= 11 is 9.31. The van der Waals surface area contributed by atoms with Crippen LogP contribution in [0.5, 0.6) is 5.75 Å². The molecule has 0 saturated carbocycles. The maximum absolute atomic E-state index is 5.92. The van der Waals surface area contributed by atoms with Crippen molar-refractivity contribution in [2.75, 3.05) is 19.7 Å². The first kappa shape index (κ1) is 14.1. The van der Waals surface area contributed by atoms with E-state index in [-0.39, 0.29) is 12.4 Å². The van der Waals surface area contributed by atoms with Gasteiger partial charge >= 0.3 is 0 Å². The lowest BCUT2D eigenvalue weighted by molar-refractivity contribution is 0.260. The van der Waals surface area contributed by atoms with Crippen molar-refractivity contribution in [3.8, 4) is 5.75 Å². The predicted octanol–water partition coefficient (Wildman–Crippen LogP) is 3.51. The maximum Gasteiger partial charge on any atom is 0.121 e. The molecule has 2 nitrogen and oxygen atoms in total. The van der Waals surface area contributed by atoms with E-state index in [9.17, 15) is 0 Å². The van der Waals surface area contributed by atoms with Crippen LogP contribution >= 0.6 is 39.9 Å². The molecule has 1 N–H and O–H groups in total. The highest BCUT2D eigenvalue weighted by atomic mass is 79.9. The van der Waals surface area contributed by atoms with Gasteiger partial charge in [-0.2, -0.15) is 0 Å². The zero-order valence-electron chi connectivity index (χ0n) is 8.71. The van der Waals surface area contributed by atoms with Gasteiger partial charge < -0.3 is 10.1 Å². The Balaban J connectivity index is 0.00000128. The van der Waals surface area contributed by atoms with E-state index in [1.165, 1.54) is 6.42 Å². The van der Waals surface area contributed by atoms with Crippen molar-refractivity contribution in [2.45, 2.75) is 6.42 Å². The molecule has 1 atom stereocenters. The second kappa shape index (κ2) is 6.70. The molecule has 1 aliphatic rings. The van der Waals surface area contributed by atoms with Crippen molar-refractivity contribution in [1.29, 1.82) is 0 Å². The Bertz CT molecular complexity index is 323. The highest BCUT2D eigenvalue weighted by Crippen LogP contribution is 2.25. The highest BCUT2D eigenvalue weighted by Gasteiger charge is 2.14. The molecule has 0 radical (unpaired) electrons. The fourth-order valence-corrected chi connectivity index (χ4v) is 2.51. The summed E-state index contributed by atoms with van der Waals surface area (Å²) in [6, 6.07) is 5.63. The van der Waals surface area contributed by atoms with Crippen LogP contribution in [-0.2, 0) is 0 Å². The third kappa shape index (κ3) is 4.13. The normalized spacial score (nSPS) is 19.2. The van der Waals surface area contributed by atoms with Gasteiger partial charge in [-0.1, -0.05) is 27.5 Å². The summed E-state index contributed by atoms with van der Waals surface area (Å²) < 4.78 is 6.65. The Morgan fingerprint density at radius 1 is 1.44 bits per heavy atom. The summed E-state index contributed by atoms with van der Waals surface area (Å²) in [6.45, 7) is 2.93. The van der Waals surface area contributed by atoms with Crippen LogP contribution in [0, 0.1) is 5.92 Å². The Hall–Kier alpha value is 0.0400. The maximum atomic E-state index is 5.92. The summed E-state index contributed by atoms with van der Waals surface area (Å²) in [7, 11) is 0. The summed E-state index contributed by atoms with van der Waals surface area (Å²) in [4.78, 5) is 0. The zero-order chi connectivity index (χ0) is 10.7. The van der Waals surface area contributed by atoms with Crippen LogP contribution < -0.4 is 10.1 Å². The van der Waals surface area contributed by atoms with Gasteiger partial charge in [-0.15, -0.1) is 12.4 Å². The van der Waals surface area contributed by atoms with Gasteiger partial charge in [-0.3, -0.25) is 0 Å². The predicted molar refractivity (Wildman–Crippen MR) is 72.9 cm³/mol.